The van der Waals surface area contributed by atoms with Crippen molar-refractivity contribution in [2.45, 2.75) is 64.0 Å². The van der Waals surface area contributed by atoms with Crippen molar-refractivity contribution in [3.8, 4) is 12.3 Å². The maximum atomic E-state index is 6.00. The Morgan fingerprint density at radius 1 is 1.56 bits per heavy atom. The average Bonchev–Trinajstić information content (AvgIpc) is 2.72. The van der Waals surface area contributed by atoms with E-state index in [-0.39, 0.29) is 11.6 Å². The van der Waals surface area contributed by atoms with Gasteiger partial charge in [0.2, 0.25) is 0 Å². The molecule has 0 saturated heterocycles. The van der Waals surface area contributed by atoms with Crippen LogP contribution in [0, 0.1) is 18.3 Å². The predicted octanol–water partition coefficient (Wildman–Crippen LogP) is 2.29. The number of hydrogen-bond acceptors (Lipinski definition) is 2. The zero-order valence-electron chi connectivity index (χ0n) is 10.8. The highest BCUT2D eigenvalue weighted by Gasteiger charge is 2.41. The number of rotatable bonds is 6. The second-order valence-corrected chi connectivity index (χ2v) is 5.01. The molecule has 0 heterocycles. The lowest BCUT2D eigenvalue weighted by Gasteiger charge is -2.37. The number of hydrogen-bond donors (Lipinski definition) is 2. The van der Waals surface area contributed by atoms with Crippen LogP contribution >= 0.6 is 0 Å². The molecule has 3 unspecified atom stereocenters. The van der Waals surface area contributed by atoms with Crippen molar-refractivity contribution in [1.29, 1.82) is 0 Å². The van der Waals surface area contributed by atoms with Crippen LogP contribution in [0.3, 0.4) is 0 Å². The van der Waals surface area contributed by atoms with Gasteiger partial charge in [0.05, 0.1) is 6.04 Å². The summed E-state index contributed by atoms with van der Waals surface area (Å²) in [6, 6.07) is 0.195. The molecule has 0 bridgehead atoms. The van der Waals surface area contributed by atoms with Gasteiger partial charge in [0.15, 0.2) is 0 Å². The van der Waals surface area contributed by atoms with Gasteiger partial charge in [-0.25, -0.2) is 0 Å². The Kier molecular flexibility index (Phi) is 5.31. The van der Waals surface area contributed by atoms with Gasteiger partial charge in [0.1, 0.15) is 0 Å². The molecule has 1 rings (SSSR count). The summed E-state index contributed by atoms with van der Waals surface area (Å²) in [5, 5.41) is 3.67. The molecule has 92 valence electrons. The monoisotopic (exact) mass is 222 g/mol. The van der Waals surface area contributed by atoms with E-state index in [0.29, 0.717) is 12.5 Å². The van der Waals surface area contributed by atoms with Crippen molar-refractivity contribution in [1.82, 2.24) is 5.32 Å². The fraction of sp³-hybridized carbons (Fsp3) is 0.857. The molecule has 1 aliphatic rings. The predicted molar refractivity (Wildman–Crippen MR) is 70.1 cm³/mol. The zero-order chi connectivity index (χ0) is 12.0. The molecule has 0 aromatic heterocycles. The van der Waals surface area contributed by atoms with Crippen molar-refractivity contribution in [3.63, 3.8) is 0 Å². The van der Waals surface area contributed by atoms with Crippen molar-refractivity contribution in [3.05, 3.63) is 0 Å². The molecular weight excluding hydrogens is 196 g/mol. The Hall–Kier alpha value is -0.520. The topological polar surface area (TPSA) is 38.0 Å². The van der Waals surface area contributed by atoms with Crippen LogP contribution in [-0.4, -0.2) is 18.1 Å². The molecule has 16 heavy (non-hydrogen) atoms. The molecule has 1 aliphatic carbocycles. The summed E-state index contributed by atoms with van der Waals surface area (Å²) in [5.41, 5.74) is 6.11. The smallest absolute Gasteiger partial charge is 0.0691 e. The highest BCUT2D eigenvalue weighted by molar-refractivity contribution is 5.07. The first-order valence-corrected chi connectivity index (χ1v) is 6.66. The van der Waals surface area contributed by atoms with E-state index in [1.807, 2.05) is 0 Å². The number of nitrogens with two attached hydrogens (primary N) is 1. The van der Waals surface area contributed by atoms with E-state index >= 15 is 0 Å². The van der Waals surface area contributed by atoms with Gasteiger partial charge in [0.25, 0.3) is 0 Å². The third kappa shape index (κ3) is 2.78. The minimum absolute atomic E-state index is 0.112. The quantitative estimate of drug-likeness (QED) is 0.677. The van der Waals surface area contributed by atoms with Gasteiger partial charge >= 0.3 is 0 Å². The van der Waals surface area contributed by atoms with Gasteiger partial charge in [-0.2, -0.15) is 0 Å². The third-order valence-electron chi connectivity index (χ3n) is 4.05. The van der Waals surface area contributed by atoms with Crippen LogP contribution in [0.15, 0.2) is 0 Å². The molecule has 3 N–H and O–H groups in total. The van der Waals surface area contributed by atoms with Gasteiger partial charge < -0.3 is 5.73 Å². The minimum atomic E-state index is 0.112. The standard InChI is InChI=1S/C14H26N2/c1-4-8-13(6-3)16-14(11-15)10-7-9-12(14)5-2/h3,12-13,16H,4-5,7-11,15H2,1-2H3. The van der Waals surface area contributed by atoms with Crippen LogP contribution in [0.5, 0.6) is 0 Å². The van der Waals surface area contributed by atoms with E-state index in [4.69, 9.17) is 12.2 Å². The van der Waals surface area contributed by atoms with Crippen LogP contribution < -0.4 is 11.1 Å². The van der Waals surface area contributed by atoms with E-state index in [2.05, 4.69) is 25.1 Å². The number of nitrogens with one attached hydrogen (secondary N) is 1. The molecular formula is C14H26N2. The Morgan fingerprint density at radius 2 is 2.31 bits per heavy atom. The molecule has 1 fully saturated rings. The van der Waals surface area contributed by atoms with Crippen LogP contribution in [0.2, 0.25) is 0 Å². The summed E-state index contributed by atoms with van der Waals surface area (Å²) in [6.45, 7) is 5.15. The lowest BCUT2D eigenvalue weighted by molar-refractivity contribution is 0.229. The van der Waals surface area contributed by atoms with Gasteiger partial charge in [-0.1, -0.05) is 39.0 Å². The molecule has 1 saturated carbocycles. The Bertz CT molecular complexity index is 244. The lowest BCUT2D eigenvalue weighted by Crippen LogP contribution is -2.57. The maximum absolute atomic E-state index is 6.00. The minimum Gasteiger partial charge on any atom is -0.329 e. The Labute approximate surface area is 100 Å². The van der Waals surface area contributed by atoms with E-state index in [0.717, 1.165) is 12.8 Å². The first-order valence-electron chi connectivity index (χ1n) is 6.66. The summed E-state index contributed by atoms with van der Waals surface area (Å²) in [5.74, 6) is 3.57. The molecule has 3 atom stereocenters. The van der Waals surface area contributed by atoms with Gasteiger partial charge in [-0.15, -0.1) is 6.42 Å². The third-order valence-corrected chi connectivity index (χ3v) is 4.05. The Morgan fingerprint density at radius 3 is 2.81 bits per heavy atom. The number of terminal acetylenes is 1. The fourth-order valence-electron chi connectivity index (χ4n) is 3.09. The Balaban J connectivity index is 2.69. The first-order chi connectivity index (χ1) is 7.72. The van der Waals surface area contributed by atoms with E-state index in [9.17, 15) is 0 Å². The highest BCUT2D eigenvalue weighted by Crippen LogP contribution is 2.37. The summed E-state index contributed by atoms with van der Waals surface area (Å²) in [7, 11) is 0. The van der Waals surface area contributed by atoms with Crippen molar-refractivity contribution < 1.29 is 0 Å². The molecule has 0 amide bonds. The fourth-order valence-corrected chi connectivity index (χ4v) is 3.09. The summed E-state index contributed by atoms with van der Waals surface area (Å²) in [6.07, 6.45) is 12.7. The second kappa shape index (κ2) is 6.27. The van der Waals surface area contributed by atoms with Crippen LogP contribution in [0.1, 0.15) is 52.4 Å². The van der Waals surface area contributed by atoms with Crippen molar-refractivity contribution in [2.75, 3.05) is 6.54 Å². The zero-order valence-corrected chi connectivity index (χ0v) is 10.8. The molecule has 2 nitrogen and oxygen atoms in total. The first kappa shape index (κ1) is 13.5. The van der Waals surface area contributed by atoms with E-state index < -0.39 is 0 Å². The van der Waals surface area contributed by atoms with Crippen molar-refractivity contribution >= 4 is 0 Å². The summed E-state index contributed by atoms with van der Waals surface area (Å²) < 4.78 is 0. The summed E-state index contributed by atoms with van der Waals surface area (Å²) >= 11 is 0. The molecule has 0 spiro atoms. The highest BCUT2D eigenvalue weighted by atomic mass is 15.0. The van der Waals surface area contributed by atoms with Gasteiger partial charge in [0, 0.05) is 12.1 Å². The SMILES string of the molecule is C#CC(CCC)NC1(CN)CCCC1CC. The molecule has 0 aromatic carbocycles. The molecule has 0 aromatic rings. The van der Waals surface area contributed by atoms with Gasteiger partial charge in [-0.3, -0.25) is 5.32 Å². The average molecular weight is 222 g/mol. The largest absolute Gasteiger partial charge is 0.329 e. The van der Waals surface area contributed by atoms with E-state index in [1.165, 1.54) is 25.7 Å². The van der Waals surface area contributed by atoms with Crippen LogP contribution in [-0.2, 0) is 0 Å². The molecule has 0 aliphatic heterocycles. The normalized spacial score (nSPS) is 31.2. The van der Waals surface area contributed by atoms with Gasteiger partial charge in [-0.05, 0) is 25.2 Å². The van der Waals surface area contributed by atoms with Crippen molar-refractivity contribution in [2.24, 2.45) is 11.7 Å². The van der Waals surface area contributed by atoms with Crippen LogP contribution in [0.25, 0.3) is 0 Å². The van der Waals surface area contributed by atoms with E-state index in [1.54, 1.807) is 0 Å². The molecule has 0 radical (unpaired) electrons. The van der Waals surface area contributed by atoms with Crippen LogP contribution in [0.4, 0.5) is 0 Å². The molecule has 2 heteroatoms. The lowest BCUT2D eigenvalue weighted by atomic mass is 9.84. The second-order valence-electron chi connectivity index (χ2n) is 5.01. The maximum Gasteiger partial charge on any atom is 0.0691 e. The summed E-state index contributed by atoms with van der Waals surface area (Å²) in [4.78, 5) is 0.